The number of fused-ring (bicyclic) bond motifs is 2. The zero-order chi connectivity index (χ0) is 43.3. The van der Waals surface area contributed by atoms with Crippen molar-refractivity contribution in [2.45, 2.75) is 24.5 Å². The van der Waals surface area contributed by atoms with E-state index in [1.54, 1.807) is 12.1 Å². The van der Waals surface area contributed by atoms with Crippen molar-refractivity contribution >= 4 is 93.5 Å². The van der Waals surface area contributed by atoms with Crippen LogP contribution >= 0.6 is 34.4 Å². The lowest BCUT2D eigenvalue weighted by atomic mass is 10.2. The highest BCUT2D eigenvalue weighted by atomic mass is 32.2. The number of anilines is 1. The van der Waals surface area contributed by atoms with Crippen LogP contribution in [-0.2, 0) is 53.1 Å². The summed E-state index contributed by atoms with van der Waals surface area (Å²) in [6.07, 6.45) is 1.19. The van der Waals surface area contributed by atoms with Gasteiger partial charge in [0.1, 0.15) is 45.1 Å². The van der Waals surface area contributed by atoms with Crippen molar-refractivity contribution in [3.05, 3.63) is 83.3 Å². The SMILES string of the molecule is COC1=NC(=O)NC(=O)C1=c1o/c(=c2\s/c(=c3\sc(=CC(OC)=C4Sc5cc6c(cc5N4CC(=O)O)OCO6)c(=O)n3CC(=O)O)c(=O)n2CC(=O)O)c(=O)n1CC(=O)O. The van der Waals surface area contributed by atoms with Crippen LogP contribution in [0.5, 0.6) is 11.5 Å². The number of urea groups is 1. The van der Waals surface area contributed by atoms with Crippen LogP contribution < -0.4 is 46.4 Å². The van der Waals surface area contributed by atoms with Gasteiger partial charge in [0.2, 0.25) is 23.7 Å². The molecule has 3 aromatic heterocycles. The third-order valence-electron chi connectivity index (χ3n) is 8.40. The first-order chi connectivity index (χ1) is 28.5. The molecule has 0 saturated heterocycles. The Hall–Kier alpha value is -7.39. The molecule has 6 heterocycles. The Labute approximate surface area is 340 Å². The minimum absolute atomic E-state index is 0.0463. The number of allylic oxidation sites excluding steroid dienone is 1. The number of rotatable bonds is 10. The highest BCUT2D eigenvalue weighted by molar-refractivity contribution is 8.03. The molecule has 0 saturated carbocycles. The van der Waals surface area contributed by atoms with Crippen LogP contribution in [0.15, 0.2) is 51.6 Å². The van der Waals surface area contributed by atoms with Crippen LogP contribution in [0.1, 0.15) is 0 Å². The van der Waals surface area contributed by atoms with E-state index in [0.717, 1.165) is 18.9 Å². The van der Waals surface area contributed by atoms with E-state index in [1.165, 1.54) is 18.1 Å². The predicted octanol–water partition coefficient (Wildman–Crippen LogP) is -1.82. The third-order valence-corrected chi connectivity index (χ3v) is 12.0. The third kappa shape index (κ3) is 7.30. The average molecular weight is 889 g/mol. The lowest BCUT2D eigenvalue weighted by Crippen LogP contribution is -2.43. The molecule has 3 aliphatic rings. The number of carbonyl (C=O) groups is 6. The number of carbonyl (C=O) groups excluding carboxylic acids is 2. The molecule has 0 radical (unpaired) electrons. The molecule has 0 unspecified atom stereocenters. The van der Waals surface area contributed by atoms with E-state index in [9.17, 15) is 63.6 Å². The van der Waals surface area contributed by atoms with Gasteiger partial charge in [0.25, 0.3) is 22.6 Å². The Bertz CT molecular complexity index is 3200. The van der Waals surface area contributed by atoms with Crippen molar-refractivity contribution in [2.75, 3.05) is 32.5 Å². The van der Waals surface area contributed by atoms with Gasteiger partial charge in [0.05, 0.1) is 24.4 Å². The van der Waals surface area contributed by atoms with Gasteiger partial charge >= 0.3 is 29.9 Å². The second-order valence-electron chi connectivity index (χ2n) is 12.1. The summed E-state index contributed by atoms with van der Waals surface area (Å²) in [6.45, 7) is -3.94. The van der Waals surface area contributed by atoms with Gasteiger partial charge in [-0.25, -0.2) is 4.79 Å². The quantitative estimate of drug-likeness (QED) is 0.110. The Kier molecular flexibility index (Phi) is 10.7. The van der Waals surface area contributed by atoms with Gasteiger partial charge < -0.3 is 48.7 Å². The number of aliphatic imine (C=N–C) groups is 1. The minimum atomic E-state index is -1.62. The number of nitrogens with zero attached hydrogens (tertiary/aromatic N) is 5. The topological polar surface area (TPSA) is 327 Å². The molecule has 0 atom stereocenters. The second kappa shape index (κ2) is 15.8. The normalized spacial score (nSPS) is 17.6. The van der Waals surface area contributed by atoms with Gasteiger partial charge in [0, 0.05) is 23.1 Å². The van der Waals surface area contributed by atoms with E-state index < -0.39 is 110 Å². The lowest BCUT2D eigenvalue weighted by molar-refractivity contribution is -0.138. The van der Waals surface area contributed by atoms with Crippen molar-refractivity contribution in [3.63, 3.8) is 0 Å². The first-order valence-electron chi connectivity index (χ1n) is 16.5. The molecule has 0 spiro atoms. The maximum Gasteiger partial charge on any atom is 0.351 e. The van der Waals surface area contributed by atoms with Crippen LogP contribution in [0.4, 0.5) is 10.5 Å². The fraction of sp³-hybridized carbons (Fsp3) is 0.212. The Morgan fingerprint density at radius 2 is 1.43 bits per heavy atom. The zero-order valence-electron chi connectivity index (χ0n) is 30.2. The Morgan fingerprint density at radius 1 is 0.817 bits per heavy atom. The number of methoxy groups -OCH3 is 2. The van der Waals surface area contributed by atoms with Crippen molar-refractivity contribution in [3.8, 4) is 11.5 Å². The van der Waals surface area contributed by atoms with Gasteiger partial charge in [-0.05, 0) is 0 Å². The van der Waals surface area contributed by atoms with E-state index >= 15 is 0 Å². The molecule has 7 rings (SSSR count). The maximum absolute atomic E-state index is 14.1. The van der Waals surface area contributed by atoms with E-state index in [0.29, 0.717) is 58.5 Å². The summed E-state index contributed by atoms with van der Waals surface area (Å²) in [7, 11) is 2.24. The zero-order valence-corrected chi connectivity index (χ0v) is 32.7. The molecule has 0 aliphatic carbocycles. The Balaban J connectivity index is 1.57. The van der Waals surface area contributed by atoms with Crippen molar-refractivity contribution in [1.82, 2.24) is 19.0 Å². The molecular formula is C33H24N6O18S3. The number of ether oxygens (including phenoxy) is 4. The second-order valence-corrected chi connectivity index (χ2v) is 15.2. The number of oxazole rings is 1. The van der Waals surface area contributed by atoms with E-state index in [-0.39, 0.29) is 26.8 Å². The Morgan fingerprint density at radius 3 is 2.05 bits per heavy atom. The smallest absolute Gasteiger partial charge is 0.351 e. The van der Waals surface area contributed by atoms with Crippen LogP contribution in [0, 0.1) is 19.3 Å². The molecule has 0 bridgehead atoms. The molecule has 60 heavy (non-hydrogen) atoms. The summed E-state index contributed by atoms with van der Waals surface area (Å²) in [5.74, 6) is -7.20. The number of aliphatic carboxylic acids is 4. The van der Waals surface area contributed by atoms with Crippen LogP contribution in [0.25, 0.3) is 11.6 Å². The summed E-state index contributed by atoms with van der Waals surface area (Å²) in [4.78, 5) is 120. The number of benzene rings is 1. The lowest BCUT2D eigenvalue weighted by Gasteiger charge is -2.19. The standard InChI is InChI=1S/C33H24N6O18S3/c1-53-14(30-36(6-17(40)41)11-3-12-13(56-10-55-12)4-15(11)58-30)5-16-26(49)38(8-19(44)45)32(59-16)23-28(51)39(9-20(46)47)31(60-23)22-27(50)37(7-18(42)43)29(57-22)21-24(48)34-33(52)35-25(21)54-2/h3-5H,6-10H2,1-2H3,(H,40,41)(H,42,43)(H,44,45)(H,46,47)(H,34,48,52)/b16-5?,29-21?,30-14?,31-22-,32-23-. The van der Waals surface area contributed by atoms with Crippen molar-refractivity contribution in [1.29, 1.82) is 0 Å². The molecule has 0 fully saturated rings. The number of amides is 3. The number of imide groups is 1. The molecular weight excluding hydrogens is 865 g/mol. The summed E-state index contributed by atoms with van der Waals surface area (Å²) < 4.78 is 27.3. The molecule has 24 nitrogen and oxygen atoms in total. The van der Waals surface area contributed by atoms with Crippen LogP contribution in [0.2, 0.25) is 0 Å². The fourth-order valence-corrected chi connectivity index (χ4v) is 9.51. The number of thiazole rings is 2. The number of hydrogen-bond acceptors (Lipinski definition) is 18. The summed E-state index contributed by atoms with van der Waals surface area (Å²) in [5, 5.41) is 41.0. The van der Waals surface area contributed by atoms with Gasteiger partial charge in [0.15, 0.2) is 22.8 Å². The molecule has 3 aliphatic heterocycles. The first kappa shape index (κ1) is 40.8. The van der Waals surface area contributed by atoms with Crippen molar-refractivity contribution < 1.29 is 72.6 Å². The van der Waals surface area contributed by atoms with Gasteiger partial charge in [-0.2, -0.15) is 4.99 Å². The molecule has 1 aromatic carbocycles. The van der Waals surface area contributed by atoms with Crippen molar-refractivity contribution in [2.24, 2.45) is 4.99 Å². The van der Waals surface area contributed by atoms with E-state index in [1.807, 2.05) is 5.32 Å². The fourth-order valence-electron chi connectivity index (χ4n) is 6.02. The number of nitrogens with one attached hydrogen (secondary N) is 1. The first-order valence-corrected chi connectivity index (χ1v) is 18.9. The number of hydrogen-bond donors (Lipinski definition) is 5. The highest BCUT2D eigenvalue weighted by Crippen LogP contribution is 2.52. The van der Waals surface area contributed by atoms with E-state index in [4.69, 9.17) is 23.4 Å². The number of aromatic nitrogens is 3. The summed E-state index contributed by atoms with van der Waals surface area (Å²) in [6, 6.07) is 2.03. The largest absolute Gasteiger partial charge is 0.494 e. The average Bonchev–Trinajstić information content (AvgIpc) is 3.98. The highest BCUT2D eigenvalue weighted by Gasteiger charge is 2.34. The monoisotopic (exact) mass is 888 g/mol. The molecule has 4 aromatic rings. The molecule has 3 amide bonds. The number of carboxylic acids is 4. The van der Waals surface area contributed by atoms with E-state index in [2.05, 4.69) is 4.99 Å². The molecule has 27 heteroatoms. The molecule has 5 N–H and O–H groups in total. The number of carboxylic acid groups (broad SMARTS) is 4. The number of thioether (sulfide) groups is 1. The maximum atomic E-state index is 14.1. The summed E-state index contributed by atoms with van der Waals surface area (Å²) >= 11 is 2.01. The summed E-state index contributed by atoms with van der Waals surface area (Å²) in [5.41, 5.74) is -5.39. The predicted molar refractivity (Wildman–Crippen MR) is 201 cm³/mol. The van der Waals surface area contributed by atoms with Crippen LogP contribution in [-0.4, -0.2) is 103 Å². The van der Waals surface area contributed by atoms with Crippen LogP contribution in [0.3, 0.4) is 0 Å². The van der Waals surface area contributed by atoms with Gasteiger partial charge in [-0.3, -0.25) is 57.4 Å². The van der Waals surface area contributed by atoms with Gasteiger partial charge in [-0.15, -0.1) is 22.7 Å². The minimum Gasteiger partial charge on any atom is -0.494 e. The van der Waals surface area contributed by atoms with Gasteiger partial charge in [-0.1, -0.05) is 11.8 Å². The molecule has 312 valence electrons.